The van der Waals surface area contributed by atoms with E-state index >= 15 is 0 Å². The third-order valence-corrected chi connectivity index (χ3v) is 4.47. The van der Waals surface area contributed by atoms with Gasteiger partial charge in [-0.05, 0) is 38.0 Å². The van der Waals surface area contributed by atoms with E-state index in [2.05, 4.69) is 21.7 Å². The zero-order valence-electron chi connectivity index (χ0n) is 15.4. The molecular weight excluding hydrogens is 433 g/mol. The predicted octanol–water partition coefficient (Wildman–Crippen LogP) is 2.34. The van der Waals surface area contributed by atoms with Crippen LogP contribution < -0.4 is 10.6 Å². The van der Waals surface area contributed by atoms with E-state index in [-0.39, 0.29) is 24.0 Å². The van der Waals surface area contributed by atoms with Crippen LogP contribution in [0.25, 0.3) is 0 Å². The second-order valence-corrected chi connectivity index (χ2v) is 6.35. The molecule has 0 bridgehead atoms. The second kappa shape index (κ2) is 14.8. The predicted molar refractivity (Wildman–Crippen MR) is 112 cm³/mol. The van der Waals surface area contributed by atoms with Gasteiger partial charge in [0.15, 0.2) is 5.96 Å². The molecule has 0 atom stereocenters. The second-order valence-electron chi connectivity index (χ2n) is 6.35. The van der Waals surface area contributed by atoms with Crippen molar-refractivity contribution in [2.24, 2.45) is 10.9 Å². The number of ether oxygens (including phenoxy) is 3. The first kappa shape index (κ1) is 22.7. The average Bonchev–Trinajstić information content (AvgIpc) is 2.64. The quantitative estimate of drug-likeness (QED) is 0.179. The number of nitrogens with one attached hydrogen (secondary N) is 2. The molecule has 7 heteroatoms. The van der Waals surface area contributed by atoms with Gasteiger partial charge in [0.2, 0.25) is 0 Å². The van der Waals surface area contributed by atoms with Crippen molar-refractivity contribution in [2.75, 3.05) is 59.8 Å². The molecule has 6 nitrogen and oxygen atoms in total. The fourth-order valence-electron chi connectivity index (χ4n) is 2.90. The van der Waals surface area contributed by atoms with Crippen LogP contribution in [0.15, 0.2) is 16.6 Å². The van der Waals surface area contributed by atoms with Crippen LogP contribution in [0.1, 0.15) is 32.1 Å². The summed E-state index contributed by atoms with van der Waals surface area (Å²) in [5.74, 6) is 1.55. The van der Waals surface area contributed by atoms with E-state index in [4.69, 9.17) is 14.2 Å². The van der Waals surface area contributed by atoms with Crippen LogP contribution in [0.2, 0.25) is 0 Å². The van der Waals surface area contributed by atoms with Crippen molar-refractivity contribution in [1.82, 2.24) is 10.6 Å². The van der Waals surface area contributed by atoms with Gasteiger partial charge in [-0.2, -0.15) is 0 Å². The number of hydrogen-bond donors (Lipinski definition) is 2. The Balaban J connectivity index is 0.00000312. The summed E-state index contributed by atoms with van der Waals surface area (Å²) < 4.78 is 16.5. The van der Waals surface area contributed by atoms with Crippen molar-refractivity contribution >= 4 is 29.9 Å². The van der Waals surface area contributed by atoms with Crippen molar-refractivity contribution < 1.29 is 14.2 Å². The molecule has 1 saturated heterocycles. The molecule has 25 heavy (non-hydrogen) atoms. The van der Waals surface area contributed by atoms with Crippen molar-refractivity contribution in [2.45, 2.75) is 32.1 Å². The summed E-state index contributed by atoms with van der Waals surface area (Å²) >= 11 is 0. The SMILES string of the molecule is CN=C(NCCCOCC1CCOCC1)NCCC1=CCOCC1.I. The van der Waals surface area contributed by atoms with Gasteiger partial charge in [-0.3, -0.25) is 4.99 Å². The molecule has 146 valence electrons. The summed E-state index contributed by atoms with van der Waals surface area (Å²) in [6, 6.07) is 0. The van der Waals surface area contributed by atoms with Gasteiger partial charge in [-0.1, -0.05) is 11.6 Å². The fourth-order valence-corrected chi connectivity index (χ4v) is 2.90. The van der Waals surface area contributed by atoms with E-state index in [9.17, 15) is 0 Å². The number of nitrogens with zero attached hydrogens (tertiary/aromatic N) is 1. The van der Waals surface area contributed by atoms with Crippen LogP contribution in [0, 0.1) is 5.92 Å². The molecule has 0 saturated carbocycles. The molecule has 0 aromatic carbocycles. The number of rotatable bonds is 9. The third-order valence-electron chi connectivity index (χ3n) is 4.47. The lowest BCUT2D eigenvalue weighted by Gasteiger charge is -2.21. The average molecular weight is 467 g/mol. The Labute approximate surface area is 169 Å². The molecule has 2 aliphatic rings. The molecule has 0 radical (unpaired) electrons. The number of halogens is 1. The van der Waals surface area contributed by atoms with Gasteiger partial charge in [0.1, 0.15) is 0 Å². The Hall–Kier alpha value is -0.380. The number of aliphatic imine (C=N–C) groups is 1. The Morgan fingerprint density at radius 3 is 2.72 bits per heavy atom. The first-order valence-electron chi connectivity index (χ1n) is 9.24. The number of guanidine groups is 1. The van der Waals surface area contributed by atoms with E-state index in [0.717, 1.165) is 90.8 Å². The lowest BCUT2D eigenvalue weighted by molar-refractivity contribution is 0.0203. The largest absolute Gasteiger partial charge is 0.381 e. The van der Waals surface area contributed by atoms with Crippen molar-refractivity contribution in [3.63, 3.8) is 0 Å². The van der Waals surface area contributed by atoms with Gasteiger partial charge >= 0.3 is 0 Å². The minimum absolute atomic E-state index is 0. The highest BCUT2D eigenvalue weighted by atomic mass is 127. The topological polar surface area (TPSA) is 64.1 Å². The molecule has 0 spiro atoms. The molecule has 1 fully saturated rings. The molecule has 0 aliphatic carbocycles. The summed E-state index contributed by atoms with van der Waals surface area (Å²) in [5, 5.41) is 6.70. The molecule has 0 aromatic heterocycles. The molecule has 2 rings (SSSR count). The molecule has 2 heterocycles. The highest BCUT2D eigenvalue weighted by Gasteiger charge is 2.13. The Morgan fingerprint density at radius 2 is 2.00 bits per heavy atom. The number of hydrogen-bond acceptors (Lipinski definition) is 4. The maximum absolute atomic E-state index is 5.77. The van der Waals surface area contributed by atoms with E-state index in [1.165, 1.54) is 5.57 Å². The summed E-state index contributed by atoms with van der Waals surface area (Å²) in [4.78, 5) is 4.26. The van der Waals surface area contributed by atoms with Gasteiger partial charge in [0, 0.05) is 46.6 Å². The van der Waals surface area contributed by atoms with Crippen LogP contribution in [-0.4, -0.2) is 65.7 Å². The Bertz CT molecular complexity index is 399. The van der Waals surface area contributed by atoms with Crippen LogP contribution in [0.4, 0.5) is 0 Å². The van der Waals surface area contributed by atoms with E-state index in [1.54, 1.807) is 0 Å². The van der Waals surface area contributed by atoms with E-state index < -0.39 is 0 Å². The maximum Gasteiger partial charge on any atom is 0.190 e. The minimum Gasteiger partial charge on any atom is -0.381 e. The maximum atomic E-state index is 5.77. The van der Waals surface area contributed by atoms with Crippen molar-refractivity contribution in [3.05, 3.63) is 11.6 Å². The summed E-state index contributed by atoms with van der Waals surface area (Å²) in [7, 11) is 1.81. The molecule has 2 aliphatic heterocycles. The highest BCUT2D eigenvalue weighted by molar-refractivity contribution is 14.0. The highest BCUT2D eigenvalue weighted by Crippen LogP contribution is 2.14. The Kier molecular flexibility index (Phi) is 13.4. The van der Waals surface area contributed by atoms with E-state index in [0.29, 0.717) is 5.92 Å². The molecule has 2 N–H and O–H groups in total. The van der Waals surface area contributed by atoms with Crippen LogP contribution in [0.5, 0.6) is 0 Å². The monoisotopic (exact) mass is 467 g/mol. The zero-order valence-corrected chi connectivity index (χ0v) is 17.8. The molecular formula is C18H34IN3O3. The first-order chi connectivity index (χ1) is 11.9. The molecule has 0 aromatic rings. The fraction of sp³-hybridized carbons (Fsp3) is 0.833. The summed E-state index contributed by atoms with van der Waals surface area (Å²) in [5.41, 5.74) is 1.48. The lowest BCUT2D eigenvalue weighted by atomic mass is 10.0. The van der Waals surface area contributed by atoms with Crippen LogP contribution in [-0.2, 0) is 14.2 Å². The Morgan fingerprint density at radius 1 is 1.20 bits per heavy atom. The first-order valence-corrected chi connectivity index (χ1v) is 9.24. The van der Waals surface area contributed by atoms with Gasteiger partial charge in [0.05, 0.1) is 13.2 Å². The lowest BCUT2D eigenvalue weighted by Crippen LogP contribution is -2.38. The normalized spacial score (nSPS) is 19.1. The van der Waals surface area contributed by atoms with Crippen LogP contribution >= 0.6 is 24.0 Å². The van der Waals surface area contributed by atoms with Gasteiger partial charge < -0.3 is 24.8 Å². The summed E-state index contributed by atoms with van der Waals surface area (Å²) in [6.07, 6.45) is 7.56. The standard InChI is InChI=1S/C18H33N3O3.HI/c1-19-18(21-9-3-16-4-11-22-12-5-16)20-8-2-10-24-15-17-6-13-23-14-7-17;/h4,17H,2-3,5-15H2,1H3,(H2,19,20,21);1H. The van der Waals surface area contributed by atoms with Gasteiger partial charge in [-0.15, -0.1) is 24.0 Å². The molecule has 0 unspecified atom stereocenters. The van der Waals surface area contributed by atoms with Crippen molar-refractivity contribution in [3.8, 4) is 0 Å². The third kappa shape index (κ3) is 10.4. The van der Waals surface area contributed by atoms with Crippen molar-refractivity contribution in [1.29, 1.82) is 0 Å². The van der Waals surface area contributed by atoms with Crippen LogP contribution in [0.3, 0.4) is 0 Å². The van der Waals surface area contributed by atoms with Gasteiger partial charge in [0.25, 0.3) is 0 Å². The molecule has 0 amide bonds. The summed E-state index contributed by atoms with van der Waals surface area (Å²) in [6.45, 7) is 6.85. The van der Waals surface area contributed by atoms with E-state index in [1.807, 2.05) is 7.05 Å². The zero-order chi connectivity index (χ0) is 16.9. The van der Waals surface area contributed by atoms with Gasteiger partial charge in [-0.25, -0.2) is 0 Å². The smallest absolute Gasteiger partial charge is 0.190 e. The minimum atomic E-state index is 0.